The van der Waals surface area contributed by atoms with Crippen LogP contribution in [0.3, 0.4) is 0 Å². The maximum atomic E-state index is 12.6. The Hall–Kier alpha value is -1.92. The summed E-state index contributed by atoms with van der Waals surface area (Å²) in [6.45, 7) is 6.47. The van der Waals surface area contributed by atoms with Crippen LogP contribution >= 0.6 is 0 Å². The molecule has 0 radical (unpaired) electrons. The van der Waals surface area contributed by atoms with Gasteiger partial charge in [0.1, 0.15) is 12.1 Å². The first kappa shape index (κ1) is 16.9. The van der Waals surface area contributed by atoms with Crippen LogP contribution in [0.4, 0.5) is 0 Å². The molecule has 2 aliphatic rings. The quantitative estimate of drug-likeness (QED) is 0.856. The molecule has 1 aromatic rings. The van der Waals surface area contributed by atoms with Crippen LogP contribution in [-0.4, -0.2) is 77.0 Å². The van der Waals surface area contributed by atoms with Crippen LogP contribution in [0.2, 0.25) is 0 Å². The predicted molar refractivity (Wildman–Crippen MR) is 90.3 cm³/mol. The Labute approximate surface area is 142 Å². The summed E-state index contributed by atoms with van der Waals surface area (Å²) in [4.78, 5) is 30.3. The van der Waals surface area contributed by atoms with Gasteiger partial charge < -0.3 is 14.9 Å². The topological polar surface area (TPSA) is 64.1 Å². The molecule has 2 saturated heterocycles. The number of aliphatic hydroxyl groups excluding tert-OH is 1. The average Bonchev–Trinajstić information content (AvgIpc) is 2.57. The third-order valence-electron chi connectivity index (χ3n) is 5.28. The fourth-order valence-corrected chi connectivity index (χ4v) is 3.56. The van der Waals surface area contributed by atoms with Crippen molar-refractivity contribution in [3.05, 3.63) is 34.9 Å². The highest BCUT2D eigenvalue weighted by molar-refractivity contribution is 5.97. The summed E-state index contributed by atoms with van der Waals surface area (Å²) < 4.78 is 0. The largest absolute Gasteiger partial charge is 0.394 e. The molecule has 0 saturated carbocycles. The molecule has 0 aromatic heterocycles. The van der Waals surface area contributed by atoms with Gasteiger partial charge in [-0.2, -0.15) is 0 Å². The van der Waals surface area contributed by atoms with Crippen molar-refractivity contribution in [3.8, 4) is 0 Å². The smallest absolute Gasteiger partial charge is 0.248 e. The highest BCUT2D eigenvalue weighted by atomic mass is 16.3. The van der Waals surface area contributed by atoms with E-state index in [2.05, 4.69) is 36.9 Å². The van der Waals surface area contributed by atoms with Crippen molar-refractivity contribution in [3.63, 3.8) is 0 Å². The molecule has 130 valence electrons. The van der Waals surface area contributed by atoms with E-state index >= 15 is 0 Å². The number of aliphatic hydroxyl groups is 1. The van der Waals surface area contributed by atoms with E-state index in [9.17, 15) is 14.7 Å². The van der Waals surface area contributed by atoms with Crippen LogP contribution in [0.1, 0.15) is 16.7 Å². The molecular formula is C18H25N3O3. The summed E-state index contributed by atoms with van der Waals surface area (Å²) in [5.74, 6) is -0.228. The van der Waals surface area contributed by atoms with Crippen molar-refractivity contribution >= 4 is 11.8 Å². The van der Waals surface area contributed by atoms with Gasteiger partial charge in [-0.05, 0) is 30.5 Å². The summed E-state index contributed by atoms with van der Waals surface area (Å²) in [6.07, 6.45) is 0. The molecule has 3 rings (SSSR count). The molecule has 0 unspecified atom stereocenters. The minimum absolute atomic E-state index is 0.0848. The third-order valence-corrected chi connectivity index (χ3v) is 5.28. The molecule has 2 atom stereocenters. The number of aryl methyl sites for hydroxylation is 2. The number of amides is 2. The lowest BCUT2D eigenvalue weighted by molar-refractivity contribution is -0.165. The lowest BCUT2D eigenvalue weighted by Gasteiger charge is -2.48. The second kappa shape index (κ2) is 6.53. The molecular weight excluding hydrogens is 306 g/mol. The molecule has 6 heteroatoms. The zero-order chi connectivity index (χ0) is 17.4. The van der Waals surface area contributed by atoms with Gasteiger partial charge in [0.25, 0.3) is 0 Å². The van der Waals surface area contributed by atoms with Crippen LogP contribution in [0.5, 0.6) is 0 Å². The van der Waals surface area contributed by atoms with Crippen LogP contribution in [-0.2, 0) is 16.1 Å². The standard InChI is InChI=1S/C18H25N3O3/c1-12-4-5-14(8-13(12)2)9-20-6-7-21-15(10-20)17(23)19(3)16(11-22)18(21)24/h4-5,8,15-16,22H,6-7,9-11H2,1-3H3/t15-,16+/m1/s1. The van der Waals surface area contributed by atoms with Gasteiger partial charge in [0.05, 0.1) is 6.61 Å². The maximum Gasteiger partial charge on any atom is 0.248 e. The minimum Gasteiger partial charge on any atom is -0.394 e. The van der Waals surface area contributed by atoms with Crippen molar-refractivity contribution in [2.24, 2.45) is 0 Å². The molecule has 2 aliphatic heterocycles. The minimum atomic E-state index is -0.736. The number of piperazine rings is 2. The van der Waals surface area contributed by atoms with E-state index < -0.39 is 12.1 Å². The summed E-state index contributed by atoms with van der Waals surface area (Å²) in [6, 6.07) is 5.25. The number of carbonyl (C=O) groups is 2. The van der Waals surface area contributed by atoms with E-state index in [0.717, 1.165) is 13.1 Å². The van der Waals surface area contributed by atoms with Crippen LogP contribution in [0.25, 0.3) is 0 Å². The molecule has 0 spiro atoms. The van der Waals surface area contributed by atoms with Crippen LogP contribution in [0, 0.1) is 13.8 Å². The summed E-state index contributed by atoms with van der Waals surface area (Å²) in [5, 5.41) is 9.38. The predicted octanol–water partition coefficient (Wildman–Crippen LogP) is 0.149. The number of likely N-dealkylation sites (N-methyl/N-ethyl adjacent to an activating group) is 1. The molecule has 1 aromatic carbocycles. The zero-order valence-electron chi connectivity index (χ0n) is 14.5. The van der Waals surface area contributed by atoms with Crippen molar-refractivity contribution < 1.29 is 14.7 Å². The number of carbonyl (C=O) groups excluding carboxylic acids is 2. The van der Waals surface area contributed by atoms with Crippen molar-refractivity contribution in [2.75, 3.05) is 33.3 Å². The molecule has 1 N–H and O–H groups in total. The summed E-state index contributed by atoms with van der Waals surface area (Å²) in [7, 11) is 1.60. The second-order valence-electron chi connectivity index (χ2n) is 6.85. The molecule has 0 aliphatic carbocycles. The monoisotopic (exact) mass is 331 g/mol. The second-order valence-corrected chi connectivity index (χ2v) is 6.85. The zero-order valence-corrected chi connectivity index (χ0v) is 14.5. The Morgan fingerprint density at radius 2 is 1.88 bits per heavy atom. The van der Waals surface area contributed by atoms with Crippen molar-refractivity contribution in [2.45, 2.75) is 32.5 Å². The van der Waals surface area contributed by atoms with Gasteiger partial charge in [-0.3, -0.25) is 14.5 Å². The fraction of sp³-hybridized carbons (Fsp3) is 0.556. The lowest BCUT2D eigenvalue weighted by atomic mass is 10.0. The van der Waals surface area contributed by atoms with Gasteiger partial charge in [-0.1, -0.05) is 18.2 Å². The van der Waals surface area contributed by atoms with Gasteiger partial charge in [0, 0.05) is 33.2 Å². The SMILES string of the molecule is Cc1ccc(CN2CCN3C(=O)[C@H](CO)N(C)C(=O)[C@H]3C2)cc1C. The Kier molecular flexibility index (Phi) is 4.60. The van der Waals surface area contributed by atoms with E-state index in [1.165, 1.54) is 21.6 Å². The van der Waals surface area contributed by atoms with Gasteiger partial charge >= 0.3 is 0 Å². The number of fused-ring (bicyclic) bond motifs is 1. The first-order valence-corrected chi connectivity index (χ1v) is 8.39. The van der Waals surface area contributed by atoms with Crippen molar-refractivity contribution in [1.29, 1.82) is 0 Å². The Morgan fingerprint density at radius 3 is 2.54 bits per heavy atom. The van der Waals surface area contributed by atoms with Gasteiger partial charge in [-0.25, -0.2) is 0 Å². The third kappa shape index (κ3) is 2.91. The first-order chi connectivity index (χ1) is 11.4. The number of benzene rings is 1. The van der Waals surface area contributed by atoms with E-state index in [0.29, 0.717) is 13.1 Å². The fourth-order valence-electron chi connectivity index (χ4n) is 3.56. The molecule has 0 bridgehead atoms. The molecule has 2 amide bonds. The average molecular weight is 331 g/mol. The first-order valence-electron chi connectivity index (χ1n) is 8.39. The van der Waals surface area contributed by atoms with E-state index in [4.69, 9.17) is 0 Å². The summed E-state index contributed by atoms with van der Waals surface area (Å²) >= 11 is 0. The summed E-state index contributed by atoms with van der Waals surface area (Å²) in [5.41, 5.74) is 3.76. The van der Waals surface area contributed by atoms with E-state index in [1.54, 1.807) is 11.9 Å². The number of rotatable bonds is 3. The van der Waals surface area contributed by atoms with E-state index in [-0.39, 0.29) is 18.4 Å². The number of hydrogen-bond acceptors (Lipinski definition) is 4. The Balaban J connectivity index is 1.72. The Morgan fingerprint density at radius 1 is 1.12 bits per heavy atom. The molecule has 24 heavy (non-hydrogen) atoms. The van der Waals surface area contributed by atoms with Crippen molar-refractivity contribution in [1.82, 2.24) is 14.7 Å². The van der Waals surface area contributed by atoms with Crippen LogP contribution in [0.15, 0.2) is 18.2 Å². The van der Waals surface area contributed by atoms with Crippen LogP contribution < -0.4 is 0 Å². The normalized spacial score (nSPS) is 25.2. The van der Waals surface area contributed by atoms with Gasteiger partial charge in [-0.15, -0.1) is 0 Å². The molecule has 2 fully saturated rings. The van der Waals surface area contributed by atoms with Gasteiger partial charge in [0.15, 0.2) is 0 Å². The number of nitrogens with zero attached hydrogens (tertiary/aromatic N) is 3. The lowest BCUT2D eigenvalue weighted by Crippen LogP contribution is -2.69. The molecule has 6 nitrogen and oxygen atoms in total. The highest BCUT2D eigenvalue weighted by Crippen LogP contribution is 2.22. The van der Waals surface area contributed by atoms with Gasteiger partial charge in [0.2, 0.25) is 11.8 Å². The Bertz CT molecular complexity index is 661. The van der Waals surface area contributed by atoms with E-state index in [1.807, 2.05) is 0 Å². The maximum absolute atomic E-state index is 12.6. The highest BCUT2D eigenvalue weighted by Gasteiger charge is 2.46. The number of hydrogen-bond donors (Lipinski definition) is 1. The molecule has 2 heterocycles.